The first-order chi connectivity index (χ1) is 8.47. The van der Waals surface area contributed by atoms with Crippen LogP contribution in [0.15, 0.2) is 6.07 Å². The van der Waals surface area contributed by atoms with Crippen LogP contribution in [-0.2, 0) is 13.5 Å². The number of hydrogen-bond donors (Lipinski definition) is 1. The summed E-state index contributed by atoms with van der Waals surface area (Å²) >= 11 is 0. The Hall–Kier alpha value is -0.830. The van der Waals surface area contributed by atoms with Gasteiger partial charge in [0.1, 0.15) is 0 Å². The summed E-state index contributed by atoms with van der Waals surface area (Å²) in [4.78, 5) is 0. The molecule has 1 aliphatic rings. The molecule has 18 heavy (non-hydrogen) atoms. The van der Waals surface area contributed by atoms with Crippen LogP contribution in [0.4, 0.5) is 0 Å². The van der Waals surface area contributed by atoms with Crippen molar-refractivity contribution in [3.63, 3.8) is 0 Å². The normalized spacial score (nSPS) is 28.9. The highest BCUT2D eigenvalue weighted by atomic mass is 15.3. The minimum Gasteiger partial charge on any atom is -0.327 e. The second kappa shape index (κ2) is 5.43. The van der Waals surface area contributed by atoms with Gasteiger partial charge in [0, 0.05) is 18.8 Å². The van der Waals surface area contributed by atoms with Crippen molar-refractivity contribution in [1.82, 2.24) is 9.78 Å². The van der Waals surface area contributed by atoms with Crippen molar-refractivity contribution in [2.45, 2.75) is 52.5 Å². The summed E-state index contributed by atoms with van der Waals surface area (Å²) in [5.41, 5.74) is 8.76. The van der Waals surface area contributed by atoms with Gasteiger partial charge in [0.2, 0.25) is 0 Å². The number of aromatic nitrogens is 2. The molecule has 1 fully saturated rings. The second-order valence-electron chi connectivity index (χ2n) is 6.35. The standard InChI is InChI=1S/C15H27N3/c1-10(2)12-5-6-15(16)13(8-12)9-14-7-11(3)17-18(14)4/h7,10,12-13,15H,5-6,8-9,16H2,1-4H3. The highest BCUT2D eigenvalue weighted by Gasteiger charge is 2.30. The van der Waals surface area contributed by atoms with Crippen molar-refractivity contribution in [3.05, 3.63) is 17.5 Å². The summed E-state index contributed by atoms with van der Waals surface area (Å²) in [6, 6.07) is 2.57. The van der Waals surface area contributed by atoms with Crippen LogP contribution < -0.4 is 5.73 Å². The summed E-state index contributed by atoms with van der Waals surface area (Å²) in [6.45, 7) is 6.74. The molecule has 0 aliphatic heterocycles. The number of nitrogens with two attached hydrogens (primary N) is 1. The van der Waals surface area contributed by atoms with E-state index >= 15 is 0 Å². The van der Waals surface area contributed by atoms with E-state index in [4.69, 9.17) is 5.73 Å². The minimum absolute atomic E-state index is 0.371. The Labute approximate surface area is 111 Å². The van der Waals surface area contributed by atoms with Gasteiger partial charge in [0.25, 0.3) is 0 Å². The lowest BCUT2D eigenvalue weighted by Gasteiger charge is -2.36. The van der Waals surface area contributed by atoms with Crippen LogP contribution in [0.5, 0.6) is 0 Å². The van der Waals surface area contributed by atoms with E-state index in [2.05, 4.69) is 31.9 Å². The molecular formula is C15H27N3. The largest absolute Gasteiger partial charge is 0.327 e. The average Bonchev–Trinajstić information content (AvgIpc) is 2.60. The summed E-state index contributed by atoms with van der Waals surface area (Å²) < 4.78 is 2.01. The maximum atomic E-state index is 6.32. The van der Waals surface area contributed by atoms with Gasteiger partial charge in [0.05, 0.1) is 5.69 Å². The van der Waals surface area contributed by atoms with E-state index in [1.807, 2.05) is 11.7 Å². The lowest BCUT2D eigenvalue weighted by molar-refractivity contribution is 0.188. The number of aryl methyl sites for hydroxylation is 2. The smallest absolute Gasteiger partial charge is 0.0596 e. The molecule has 3 nitrogen and oxygen atoms in total. The monoisotopic (exact) mass is 249 g/mol. The van der Waals surface area contributed by atoms with Gasteiger partial charge in [-0.2, -0.15) is 5.10 Å². The minimum atomic E-state index is 0.371. The van der Waals surface area contributed by atoms with Crippen LogP contribution >= 0.6 is 0 Å². The number of nitrogens with zero attached hydrogens (tertiary/aromatic N) is 2. The molecule has 1 aromatic rings. The quantitative estimate of drug-likeness (QED) is 0.895. The Morgan fingerprint density at radius 2 is 2.17 bits per heavy atom. The Morgan fingerprint density at radius 3 is 2.72 bits per heavy atom. The fourth-order valence-electron chi connectivity index (χ4n) is 3.29. The van der Waals surface area contributed by atoms with Gasteiger partial charge in [0.15, 0.2) is 0 Å². The molecule has 0 spiro atoms. The zero-order valence-electron chi connectivity index (χ0n) is 12.2. The Balaban J connectivity index is 2.04. The summed E-state index contributed by atoms with van der Waals surface area (Å²) in [5.74, 6) is 2.26. The summed E-state index contributed by atoms with van der Waals surface area (Å²) in [7, 11) is 2.04. The third kappa shape index (κ3) is 2.94. The van der Waals surface area contributed by atoms with Crippen LogP contribution in [-0.4, -0.2) is 15.8 Å². The summed E-state index contributed by atoms with van der Waals surface area (Å²) in [6.07, 6.45) is 4.86. The van der Waals surface area contributed by atoms with E-state index in [-0.39, 0.29) is 0 Å². The molecule has 0 bridgehead atoms. The molecule has 3 unspecified atom stereocenters. The zero-order chi connectivity index (χ0) is 13.3. The maximum absolute atomic E-state index is 6.32. The number of hydrogen-bond acceptors (Lipinski definition) is 2. The molecule has 1 aromatic heterocycles. The third-order valence-electron chi connectivity index (χ3n) is 4.59. The van der Waals surface area contributed by atoms with Gasteiger partial charge < -0.3 is 5.73 Å². The van der Waals surface area contributed by atoms with Crippen LogP contribution in [0.2, 0.25) is 0 Å². The van der Waals surface area contributed by atoms with Gasteiger partial charge >= 0.3 is 0 Å². The second-order valence-corrected chi connectivity index (χ2v) is 6.35. The van der Waals surface area contributed by atoms with Crippen molar-refractivity contribution < 1.29 is 0 Å². The molecule has 0 saturated heterocycles. The Bertz CT molecular complexity index is 394. The van der Waals surface area contributed by atoms with Crippen molar-refractivity contribution in [3.8, 4) is 0 Å². The highest BCUT2D eigenvalue weighted by molar-refractivity contribution is 5.10. The summed E-state index contributed by atoms with van der Waals surface area (Å²) in [5, 5.41) is 4.43. The molecule has 1 saturated carbocycles. The van der Waals surface area contributed by atoms with Gasteiger partial charge in [-0.25, -0.2) is 0 Å². The first kappa shape index (κ1) is 13.6. The van der Waals surface area contributed by atoms with E-state index < -0.39 is 0 Å². The SMILES string of the molecule is Cc1cc(CC2CC(C(C)C)CCC2N)n(C)n1. The van der Waals surface area contributed by atoms with Crippen LogP contribution in [0, 0.1) is 24.7 Å². The molecule has 2 rings (SSSR count). The van der Waals surface area contributed by atoms with Crippen LogP contribution in [0.25, 0.3) is 0 Å². The van der Waals surface area contributed by atoms with E-state index in [0.717, 1.165) is 24.0 Å². The molecule has 3 heteroatoms. The van der Waals surface area contributed by atoms with E-state index in [1.54, 1.807) is 0 Å². The molecule has 2 N–H and O–H groups in total. The first-order valence-electron chi connectivity index (χ1n) is 7.22. The molecule has 1 aliphatic carbocycles. The maximum Gasteiger partial charge on any atom is 0.0596 e. The average molecular weight is 249 g/mol. The number of rotatable bonds is 3. The Morgan fingerprint density at radius 1 is 1.44 bits per heavy atom. The molecule has 0 aromatic carbocycles. The first-order valence-corrected chi connectivity index (χ1v) is 7.22. The fraction of sp³-hybridized carbons (Fsp3) is 0.800. The third-order valence-corrected chi connectivity index (χ3v) is 4.59. The Kier molecular flexibility index (Phi) is 4.10. The molecule has 102 valence electrons. The molecule has 0 amide bonds. The van der Waals surface area contributed by atoms with Crippen LogP contribution in [0.3, 0.4) is 0 Å². The topological polar surface area (TPSA) is 43.8 Å². The van der Waals surface area contributed by atoms with Crippen LogP contribution in [0.1, 0.15) is 44.5 Å². The fourth-order valence-corrected chi connectivity index (χ4v) is 3.29. The van der Waals surface area contributed by atoms with Crippen molar-refractivity contribution in [1.29, 1.82) is 0 Å². The molecular weight excluding hydrogens is 222 g/mol. The van der Waals surface area contributed by atoms with E-state index in [0.29, 0.717) is 12.0 Å². The predicted octanol–water partition coefficient (Wildman–Crippen LogP) is 2.67. The molecule has 3 atom stereocenters. The van der Waals surface area contributed by atoms with Crippen molar-refractivity contribution >= 4 is 0 Å². The molecule has 0 radical (unpaired) electrons. The van der Waals surface area contributed by atoms with E-state index in [9.17, 15) is 0 Å². The van der Waals surface area contributed by atoms with Gasteiger partial charge in [-0.05, 0) is 56.4 Å². The predicted molar refractivity (Wildman–Crippen MR) is 75.3 cm³/mol. The van der Waals surface area contributed by atoms with Crippen molar-refractivity contribution in [2.75, 3.05) is 0 Å². The van der Waals surface area contributed by atoms with E-state index in [1.165, 1.54) is 25.0 Å². The van der Waals surface area contributed by atoms with Gasteiger partial charge in [-0.3, -0.25) is 4.68 Å². The lowest BCUT2D eigenvalue weighted by atomic mass is 9.72. The highest BCUT2D eigenvalue weighted by Crippen LogP contribution is 2.34. The molecule has 1 heterocycles. The van der Waals surface area contributed by atoms with Gasteiger partial charge in [-0.15, -0.1) is 0 Å². The lowest BCUT2D eigenvalue weighted by Crippen LogP contribution is -2.38. The van der Waals surface area contributed by atoms with Gasteiger partial charge in [-0.1, -0.05) is 13.8 Å². The van der Waals surface area contributed by atoms with Crippen molar-refractivity contribution in [2.24, 2.45) is 30.5 Å². The zero-order valence-corrected chi connectivity index (χ0v) is 12.2.